The maximum absolute atomic E-state index is 12.9. The summed E-state index contributed by atoms with van der Waals surface area (Å²) in [5, 5.41) is 4.77. The standard InChI is InChI=1S/C21H20FNO2S/c1-2-15-5-9-19(10-6-15)25-13-17-11-20(26-14-17)21(24)23-12-16-3-7-18(22)8-4-16/h3-11,14H,2,12-13H2,1H3,(H,23,24). The highest BCUT2D eigenvalue weighted by Crippen LogP contribution is 2.19. The summed E-state index contributed by atoms with van der Waals surface area (Å²) in [7, 11) is 0. The van der Waals surface area contributed by atoms with Crippen LogP contribution in [0.15, 0.2) is 60.0 Å². The van der Waals surface area contributed by atoms with E-state index in [1.54, 1.807) is 12.1 Å². The topological polar surface area (TPSA) is 38.3 Å². The molecular weight excluding hydrogens is 349 g/mol. The molecule has 3 aromatic rings. The minimum Gasteiger partial charge on any atom is -0.489 e. The van der Waals surface area contributed by atoms with Crippen LogP contribution in [0.5, 0.6) is 5.75 Å². The third-order valence-electron chi connectivity index (χ3n) is 3.98. The number of ether oxygens (including phenoxy) is 1. The fourth-order valence-electron chi connectivity index (χ4n) is 2.43. The zero-order chi connectivity index (χ0) is 18.4. The number of amides is 1. The molecule has 0 saturated carbocycles. The van der Waals surface area contributed by atoms with Gasteiger partial charge >= 0.3 is 0 Å². The molecule has 0 fully saturated rings. The first-order valence-electron chi connectivity index (χ1n) is 8.46. The zero-order valence-corrected chi connectivity index (χ0v) is 15.3. The Labute approximate surface area is 156 Å². The smallest absolute Gasteiger partial charge is 0.261 e. The van der Waals surface area contributed by atoms with Crippen LogP contribution in [-0.4, -0.2) is 5.91 Å². The third-order valence-corrected chi connectivity index (χ3v) is 4.96. The van der Waals surface area contributed by atoms with Crippen LogP contribution >= 0.6 is 11.3 Å². The normalized spacial score (nSPS) is 10.5. The van der Waals surface area contributed by atoms with E-state index >= 15 is 0 Å². The molecule has 0 aliphatic carbocycles. The number of rotatable bonds is 7. The van der Waals surface area contributed by atoms with E-state index in [-0.39, 0.29) is 11.7 Å². The largest absolute Gasteiger partial charge is 0.489 e. The zero-order valence-electron chi connectivity index (χ0n) is 14.5. The Kier molecular flexibility index (Phi) is 6.02. The minimum absolute atomic E-state index is 0.141. The second kappa shape index (κ2) is 8.63. The first-order valence-corrected chi connectivity index (χ1v) is 9.34. The van der Waals surface area contributed by atoms with E-state index in [2.05, 4.69) is 24.4 Å². The van der Waals surface area contributed by atoms with Gasteiger partial charge in [-0.2, -0.15) is 0 Å². The van der Waals surface area contributed by atoms with Gasteiger partial charge in [0.2, 0.25) is 0 Å². The third kappa shape index (κ3) is 4.92. The Balaban J connectivity index is 1.51. The van der Waals surface area contributed by atoms with Crippen LogP contribution in [0.1, 0.15) is 33.3 Å². The van der Waals surface area contributed by atoms with Gasteiger partial charge in [-0.3, -0.25) is 4.79 Å². The molecule has 1 amide bonds. The number of carbonyl (C=O) groups excluding carboxylic acids is 1. The molecule has 2 aromatic carbocycles. The lowest BCUT2D eigenvalue weighted by Crippen LogP contribution is -2.21. The van der Waals surface area contributed by atoms with Crippen molar-refractivity contribution in [3.8, 4) is 5.75 Å². The summed E-state index contributed by atoms with van der Waals surface area (Å²) in [4.78, 5) is 12.9. The summed E-state index contributed by atoms with van der Waals surface area (Å²) < 4.78 is 18.7. The molecule has 0 radical (unpaired) electrons. The summed E-state index contributed by atoms with van der Waals surface area (Å²) in [6.07, 6.45) is 1.00. The summed E-state index contributed by atoms with van der Waals surface area (Å²) in [6, 6.07) is 16.0. The lowest BCUT2D eigenvalue weighted by molar-refractivity contribution is 0.0955. The van der Waals surface area contributed by atoms with E-state index in [9.17, 15) is 9.18 Å². The molecule has 0 unspecified atom stereocenters. The number of nitrogens with one attached hydrogen (secondary N) is 1. The predicted octanol–water partition coefficient (Wildman–Crippen LogP) is 4.96. The molecular formula is C21H20FNO2S. The molecule has 0 atom stereocenters. The highest BCUT2D eigenvalue weighted by atomic mass is 32.1. The van der Waals surface area contributed by atoms with Crippen LogP contribution in [-0.2, 0) is 19.6 Å². The lowest BCUT2D eigenvalue weighted by Gasteiger charge is -2.05. The SMILES string of the molecule is CCc1ccc(OCc2csc(C(=O)NCc3ccc(F)cc3)c2)cc1. The predicted molar refractivity (Wildman–Crippen MR) is 102 cm³/mol. The average Bonchev–Trinajstić information content (AvgIpc) is 3.15. The molecule has 3 rings (SSSR count). The Morgan fingerprint density at radius 1 is 1.04 bits per heavy atom. The van der Waals surface area contributed by atoms with Crippen molar-refractivity contribution in [3.63, 3.8) is 0 Å². The number of hydrogen-bond acceptors (Lipinski definition) is 3. The highest BCUT2D eigenvalue weighted by Gasteiger charge is 2.09. The van der Waals surface area contributed by atoms with Gasteiger partial charge in [0.15, 0.2) is 0 Å². The van der Waals surface area contributed by atoms with Crippen LogP contribution in [0.4, 0.5) is 4.39 Å². The van der Waals surface area contributed by atoms with Crippen LogP contribution in [0.3, 0.4) is 0 Å². The summed E-state index contributed by atoms with van der Waals surface area (Å²) >= 11 is 1.38. The molecule has 134 valence electrons. The van der Waals surface area contributed by atoms with Crippen molar-refractivity contribution in [3.05, 3.63) is 87.4 Å². The molecule has 0 aliphatic heterocycles. The van der Waals surface area contributed by atoms with E-state index < -0.39 is 0 Å². The van der Waals surface area contributed by atoms with Gasteiger partial charge in [-0.1, -0.05) is 31.2 Å². The van der Waals surface area contributed by atoms with Crippen molar-refractivity contribution in [2.24, 2.45) is 0 Å². The number of thiophene rings is 1. The van der Waals surface area contributed by atoms with Gasteiger partial charge < -0.3 is 10.1 Å². The van der Waals surface area contributed by atoms with E-state index in [1.807, 2.05) is 23.6 Å². The fourth-order valence-corrected chi connectivity index (χ4v) is 3.24. The van der Waals surface area contributed by atoms with Crippen molar-refractivity contribution in [1.29, 1.82) is 0 Å². The Morgan fingerprint density at radius 2 is 1.73 bits per heavy atom. The van der Waals surface area contributed by atoms with Crippen molar-refractivity contribution >= 4 is 17.2 Å². The molecule has 26 heavy (non-hydrogen) atoms. The minimum atomic E-state index is -0.285. The summed E-state index contributed by atoms with van der Waals surface area (Å²) in [5.74, 6) is 0.390. The molecule has 0 aliphatic rings. The number of hydrogen-bond donors (Lipinski definition) is 1. The first-order chi connectivity index (χ1) is 12.6. The van der Waals surface area contributed by atoms with Crippen LogP contribution < -0.4 is 10.1 Å². The number of halogens is 1. The molecule has 1 N–H and O–H groups in total. The van der Waals surface area contributed by atoms with Gasteiger partial charge in [0.25, 0.3) is 5.91 Å². The quantitative estimate of drug-likeness (QED) is 0.639. The second-order valence-electron chi connectivity index (χ2n) is 5.91. The van der Waals surface area contributed by atoms with Gasteiger partial charge in [-0.05, 0) is 53.3 Å². The Hall–Kier alpha value is -2.66. The molecule has 0 bridgehead atoms. The number of benzene rings is 2. The van der Waals surface area contributed by atoms with Gasteiger partial charge in [-0.25, -0.2) is 4.39 Å². The van der Waals surface area contributed by atoms with E-state index in [0.717, 1.165) is 23.3 Å². The second-order valence-corrected chi connectivity index (χ2v) is 6.83. The lowest BCUT2D eigenvalue weighted by atomic mass is 10.2. The molecule has 3 nitrogen and oxygen atoms in total. The maximum atomic E-state index is 12.9. The Morgan fingerprint density at radius 3 is 2.42 bits per heavy atom. The summed E-state index contributed by atoms with van der Waals surface area (Å²) in [5.41, 5.74) is 3.09. The van der Waals surface area contributed by atoms with Crippen LogP contribution in [0, 0.1) is 5.82 Å². The van der Waals surface area contributed by atoms with Crippen molar-refractivity contribution in [1.82, 2.24) is 5.32 Å². The molecule has 0 spiro atoms. The maximum Gasteiger partial charge on any atom is 0.261 e. The van der Waals surface area contributed by atoms with Crippen LogP contribution in [0.2, 0.25) is 0 Å². The number of aryl methyl sites for hydroxylation is 1. The van der Waals surface area contributed by atoms with E-state index in [4.69, 9.17) is 4.74 Å². The first kappa shape index (κ1) is 18.1. The Bertz CT molecular complexity index is 856. The average molecular weight is 369 g/mol. The van der Waals surface area contributed by atoms with Crippen molar-refractivity contribution in [2.75, 3.05) is 0 Å². The van der Waals surface area contributed by atoms with Gasteiger partial charge in [0, 0.05) is 12.1 Å². The van der Waals surface area contributed by atoms with Crippen molar-refractivity contribution in [2.45, 2.75) is 26.5 Å². The van der Waals surface area contributed by atoms with Crippen molar-refractivity contribution < 1.29 is 13.9 Å². The number of carbonyl (C=O) groups is 1. The van der Waals surface area contributed by atoms with Gasteiger partial charge in [-0.15, -0.1) is 11.3 Å². The molecule has 1 aromatic heterocycles. The summed E-state index contributed by atoms with van der Waals surface area (Å²) in [6.45, 7) is 2.91. The van der Waals surface area contributed by atoms with Crippen LogP contribution in [0.25, 0.3) is 0 Å². The van der Waals surface area contributed by atoms with Gasteiger partial charge in [0.05, 0.1) is 4.88 Å². The van der Waals surface area contributed by atoms with E-state index in [0.29, 0.717) is 18.0 Å². The molecule has 0 saturated heterocycles. The highest BCUT2D eigenvalue weighted by molar-refractivity contribution is 7.12. The fraction of sp³-hybridized carbons (Fsp3) is 0.190. The van der Waals surface area contributed by atoms with E-state index in [1.165, 1.54) is 29.0 Å². The monoisotopic (exact) mass is 369 g/mol. The molecule has 5 heteroatoms. The molecule has 1 heterocycles. The van der Waals surface area contributed by atoms with Gasteiger partial charge in [0.1, 0.15) is 18.2 Å².